The van der Waals surface area contributed by atoms with Crippen LogP contribution in [0.3, 0.4) is 0 Å². The molecule has 0 aliphatic heterocycles. The van der Waals surface area contributed by atoms with Crippen LogP contribution in [0.25, 0.3) is 0 Å². The fourth-order valence-electron chi connectivity index (χ4n) is 2.71. The maximum absolute atomic E-state index is 5.77. The Morgan fingerprint density at radius 2 is 2.06 bits per heavy atom. The smallest absolute Gasteiger partial charge is 0.0731 e. The molecule has 0 aromatic carbocycles. The lowest BCUT2D eigenvalue weighted by molar-refractivity contribution is 0.234. The molecule has 96 valence electrons. The van der Waals surface area contributed by atoms with Crippen molar-refractivity contribution < 1.29 is 0 Å². The molecule has 17 heavy (non-hydrogen) atoms. The van der Waals surface area contributed by atoms with Gasteiger partial charge < -0.3 is 0 Å². The number of hydrogen-bond donors (Lipinski definition) is 2. The number of halogens is 1. The van der Waals surface area contributed by atoms with Gasteiger partial charge >= 0.3 is 0 Å². The first kappa shape index (κ1) is 13.5. The standard InChI is InChI=1S/C13H21BrN2S/c1-8-3-5-10(6-4-8)12(16-15)11-7-9(2)13(14)17-11/h7-8,10,12,16H,3-6,15H2,1-2H3. The molecular formula is C13H21BrN2S. The van der Waals surface area contributed by atoms with E-state index in [0.717, 1.165) is 5.92 Å². The molecule has 2 nitrogen and oxygen atoms in total. The highest BCUT2D eigenvalue weighted by Gasteiger charge is 2.27. The zero-order valence-electron chi connectivity index (χ0n) is 10.5. The maximum atomic E-state index is 5.77. The zero-order valence-corrected chi connectivity index (χ0v) is 12.9. The molecule has 1 saturated carbocycles. The molecule has 0 saturated heterocycles. The van der Waals surface area contributed by atoms with Crippen LogP contribution in [0.1, 0.15) is 49.1 Å². The lowest BCUT2D eigenvalue weighted by Crippen LogP contribution is -2.34. The highest BCUT2D eigenvalue weighted by Crippen LogP contribution is 2.40. The summed E-state index contributed by atoms with van der Waals surface area (Å²) in [5, 5.41) is 0. The molecule has 0 bridgehead atoms. The summed E-state index contributed by atoms with van der Waals surface area (Å²) in [6.45, 7) is 4.49. The quantitative estimate of drug-likeness (QED) is 0.649. The second-order valence-electron chi connectivity index (χ2n) is 5.27. The van der Waals surface area contributed by atoms with Crippen molar-refractivity contribution in [2.24, 2.45) is 17.7 Å². The van der Waals surface area contributed by atoms with Gasteiger partial charge in [0.1, 0.15) is 0 Å². The topological polar surface area (TPSA) is 38.0 Å². The van der Waals surface area contributed by atoms with Crippen LogP contribution in [0.2, 0.25) is 0 Å². The van der Waals surface area contributed by atoms with Crippen molar-refractivity contribution >= 4 is 27.3 Å². The van der Waals surface area contributed by atoms with Crippen LogP contribution < -0.4 is 11.3 Å². The molecule has 4 heteroatoms. The molecule has 0 radical (unpaired) electrons. The van der Waals surface area contributed by atoms with Crippen molar-refractivity contribution in [3.63, 3.8) is 0 Å². The number of hydrazine groups is 1. The minimum absolute atomic E-state index is 0.331. The summed E-state index contributed by atoms with van der Waals surface area (Å²) in [5.74, 6) is 7.36. The number of rotatable bonds is 3. The molecule has 0 amide bonds. The second kappa shape index (κ2) is 5.83. The average Bonchev–Trinajstić information content (AvgIpc) is 2.63. The summed E-state index contributed by atoms with van der Waals surface area (Å²) in [7, 11) is 0. The van der Waals surface area contributed by atoms with E-state index in [1.807, 2.05) is 11.3 Å². The Labute approximate surface area is 116 Å². The van der Waals surface area contributed by atoms with Crippen molar-refractivity contribution in [3.05, 3.63) is 20.3 Å². The second-order valence-corrected chi connectivity index (χ2v) is 7.67. The van der Waals surface area contributed by atoms with Gasteiger partial charge in [0.15, 0.2) is 0 Å². The van der Waals surface area contributed by atoms with Gasteiger partial charge in [-0.3, -0.25) is 11.3 Å². The Morgan fingerprint density at radius 3 is 2.53 bits per heavy atom. The maximum Gasteiger partial charge on any atom is 0.0731 e. The molecule has 1 fully saturated rings. The van der Waals surface area contributed by atoms with E-state index in [1.165, 1.54) is 39.9 Å². The van der Waals surface area contributed by atoms with Crippen LogP contribution in [-0.2, 0) is 0 Å². The molecule has 1 aliphatic rings. The first-order valence-corrected chi connectivity index (χ1v) is 7.94. The van der Waals surface area contributed by atoms with Gasteiger partial charge in [-0.1, -0.05) is 19.8 Å². The van der Waals surface area contributed by atoms with E-state index >= 15 is 0 Å². The SMILES string of the molecule is Cc1cc(C(NN)C2CCC(C)CC2)sc1Br. The molecule has 1 aromatic rings. The Bertz CT molecular complexity index is 350. The Hall–Kier alpha value is 0.100. The van der Waals surface area contributed by atoms with Crippen LogP contribution in [-0.4, -0.2) is 0 Å². The summed E-state index contributed by atoms with van der Waals surface area (Å²) in [5.41, 5.74) is 4.35. The van der Waals surface area contributed by atoms with Gasteiger partial charge in [0.05, 0.1) is 9.83 Å². The number of thiophene rings is 1. The first-order valence-electron chi connectivity index (χ1n) is 6.33. The molecule has 1 heterocycles. The van der Waals surface area contributed by atoms with E-state index in [1.54, 1.807) is 0 Å². The van der Waals surface area contributed by atoms with Gasteiger partial charge in [0.25, 0.3) is 0 Å². The van der Waals surface area contributed by atoms with Gasteiger partial charge in [0.2, 0.25) is 0 Å². The van der Waals surface area contributed by atoms with Crippen molar-refractivity contribution in [3.8, 4) is 0 Å². The molecule has 2 rings (SSSR count). The number of nitrogens with two attached hydrogens (primary N) is 1. The molecule has 1 unspecified atom stereocenters. The normalized spacial score (nSPS) is 27.1. The van der Waals surface area contributed by atoms with Gasteiger partial charge in [-0.25, -0.2) is 0 Å². The fourth-order valence-corrected chi connectivity index (χ4v) is 4.43. The summed E-state index contributed by atoms with van der Waals surface area (Å²) < 4.78 is 1.23. The molecule has 1 aromatic heterocycles. The van der Waals surface area contributed by atoms with Crippen molar-refractivity contribution in [1.29, 1.82) is 0 Å². The first-order chi connectivity index (χ1) is 8.11. The van der Waals surface area contributed by atoms with Gasteiger partial charge in [-0.05, 0) is 59.2 Å². The Morgan fingerprint density at radius 1 is 1.41 bits per heavy atom. The van der Waals surface area contributed by atoms with Crippen LogP contribution in [0.5, 0.6) is 0 Å². The van der Waals surface area contributed by atoms with Crippen molar-refractivity contribution in [1.82, 2.24) is 5.43 Å². The molecule has 0 spiro atoms. The predicted molar refractivity (Wildman–Crippen MR) is 77.9 cm³/mol. The van der Waals surface area contributed by atoms with Crippen molar-refractivity contribution in [2.75, 3.05) is 0 Å². The molecule has 1 atom stereocenters. The number of hydrogen-bond acceptors (Lipinski definition) is 3. The largest absolute Gasteiger partial charge is 0.271 e. The molecular weight excluding hydrogens is 296 g/mol. The third kappa shape index (κ3) is 3.11. The lowest BCUT2D eigenvalue weighted by Gasteiger charge is -2.31. The average molecular weight is 317 g/mol. The fraction of sp³-hybridized carbons (Fsp3) is 0.692. The van der Waals surface area contributed by atoms with Crippen molar-refractivity contribution in [2.45, 2.75) is 45.6 Å². The monoisotopic (exact) mass is 316 g/mol. The lowest BCUT2D eigenvalue weighted by atomic mass is 9.79. The molecule has 3 N–H and O–H groups in total. The zero-order chi connectivity index (χ0) is 12.4. The van der Waals surface area contributed by atoms with Gasteiger partial charge in [-0.15, -0.1) is 11.3 Å². The highest BCUT2D eigenvalue weighted by molar-refractivity contribution is 9.11. The number of aryl methyl sites for hydroxylation is 1. The predicted octanol–water partition coefficient (Wildman–Crippen LogP) is 4.15. The minimum atomic E-state index is 0.331. The van der Waals surface area contributed by atoms with Crippen LogP contribution in [0.15, 0.2) is 9.85 Å². The minimum Gasteiger partial charge on any atom is -0.271 e. The summed E-state index contributed by atoms with van der Waals surface area (Å²) in [6.07, 6.45) is 5.28. The Balaban J connectivity index is 2.10. The summed E-state index contributed by atoms with van der Waals surface area (Å²) in [6, 6.07) is 2.59. The van der Waals surface area contributed by atoms with Crippen LogP contribution >= 0.6 is 27.3 Å². The third-order valence-corrected chi connectivity index (χ3v) is 6.11. The van der Waals surface area contributed by atoms with E-state index in [2.05, 4.69) is 41.3 Å². The van der Waals surface area contributed by atoms with E-state index in [9.17, 15) is 0 Å². The Kier molecular flexibility index (Phi) is 4.64. The summed E-state index contributed by atoms with van der Waals surface area (Å²) >= 11 is 5.41. The van der Waals surface area contributed by atoms with Crippen LogP contribution in [0, 0.1) is 18.8 Å². The van der Waals surface area contributed by atoms with E-state index in [-0.39, 0.29) is 0 Å². The van der Waals surface area contributed by atoms with E-state index < -0.39 is 0 Å². The molecule has 1 aliphatic carbocycles. The van der Waals surface area contributed by atoms with Gasteiger partial charge in [0, 0.05) is 4.88 Å². The third-order valence-electron chi connectivity index (χ3n) is 3.89. The van der Waals surface area contributed by atoms with Gasteiger partial charge in [-0.2, -0.15) is 0 Å². The number of nitrogens with one attached hydrogen (secondary N) is 1. The summed E-state index contributed by atoms with van der Waals surface area (Å²) in [4.78, 5) is 1.37. The van der Waals surface area contributed by atoms with E-state index in [4.69, 9.17) is 5.84 Å². The van der Waals surface area contributed by atoms with E-state index in [0.29, 0.717) is 12.0 Å². The highest BCUT2D eigenvalue weighted by atomic mass is 79.9. The van der Waals surface area contributed by atoms with Crippen LogP contribution in [0.4, 0.5) is 0 Å².